The first-order chi connectivity index (χ1) is 21.9. The largest absolute Gasteiger partial charge is 0.465 e. The van der Waals surface area contributed by atoms with Gasteiger partial charge < -0.3 is 29.9 Å². The van der Waals surface area contributed by atoms with Crippen molar-refractivity contribution >= 4 is 29.2 Å². The third-order valence-electron chi connectivity index (χ3n) is 10.1. The predicted molar refractivity (Wildman–Crippen MR) is 171 cm³/mol. The molecule has 1 saturated carbocycles. The van der Waals surface area contributed by atoms with Crippen molar-refractivity contribution in [1.82, 2.24) is 24.8 Å². The number of esters is 1. The Morgan fingerprint density at radius 2 is 1.76 bits per heavy atom. The molecular formula is C34H48FN5O6. The zero-order chi connectivity index (χ0) is 33.1. The van der Waals surface area contributed by atoms with Gasteiger partial charge in [0, 0.05) is 31.5 Å². The number of aliphatic hydroxyl groups is 2. The van der Waals surface area contributed by atoms with Crippen LogP contribution in [0, 0.1) is 23.6 Å². The molecule has 6 atom stereocenters. The highest BCUT2D eigenvalue weighted by atomic mass is 19.1. The molecule has 5 rings (SSSR count). The summed E-state index contributed by atoms with van der Waals surface area (Å²) in [4.78, 5) is 28.9. The number of hydrogen-bond acceptors (Lipinski definition) is 8. The van der Waals surface area contributed by atoms with Gasteiger partial charge in [-0.2, -0.15) is 0 Å². The number of amides is 1. The molecule has 1 aromatic carbocycles. The molecule has 2 aliphatic heterocycles. The van der Waals surface area contributed by atoms with E-state index in [9.17, 15) is 24.9 Å². The molecule has 12 heteroatoms. The van der Waals surface area contributed by atoms with E-state index in [4.69, 9.17) is 4.74 Å². The Hall–Kier alpha value is -3.35. The maximum Gasteiger partial charge on any atom is 0.407 e. The lowest BCUT2D eigenvalue weighted by atomic mass is 9.80. The van der Waals surface area contributed by atoms with Crippen LogP contribution in [0.15, 0.2) is 29.9 Å². The molecule has 3 heterocycles. The highest BCUT2D eigenvalue weighted by Crippen LogP contribution is 2.33. The minimum Gasteiger partial charge on any atom is -0.465 e. The molecule has 2 fully saturated rings. The van der Waals surface area contributed by atoms with Crippen LogP contribution in [0.1, 0.15) is 77.3 Å². The summed E-state index contributed by atoms with van der Waals surface area (Å²) in [5.41, 5.74) is 2.04. The Morgan fingerprint density at radius 3 is 2.48 bits per heavy atom. The Kier molecular flexibility index (Phi) is 10.8. The van der Waals surface area contributed by atoms with Gasteiger partial charge in [-0.1, -0.05) is 37.3 Å². The summed E-state index contributed by atoms with van der Waals surface area (Å²) in [6.07, 6.45) is 6.69. The molecule has 0 bridgehead atoms. The van der Waals surface area contributed by atoms with Crippen LogP contribution in [-0.4, -0.2) is 103 Å². The molecule has 3 aliphatic rings. The standard InChI is InChI=1S/C34H48FN5O6/c1-20-5-9-26(42)18-31(43)46-33(21(2)6-12-27(20)30-19-38(4)13-14-39(30)34(44)45)22(3)15-23-16-28(35)32-29(17-23)40(37-36-32)24-7-10-25(41)11-8-24/h6,12,15-17,20-21,24-27,30,33,41-42H,5,7-11,13-14,18-19H2,1-4H3,(H,44,45)/b12-6+,22-15+/t20-,21-,24?,25?,26+,27-,30?,33-/m0/s1. The summed E-state index contributed by atoms with van der Waals surface area (Å²) >= 11 is 0. The van der Waals surface area contributed by atoms with E-state index in [0.717, 1.165) is 12.8 Å². The summed E-state index contributed by atoms with van der Waals surface area (Å²) in [5.74, 6) is -1.35. The maximum atomic E-state index is 15.3. The first-order valence-corrected chi connectivity index (χ1v) is 16.6. The number of aromatic nitrogens is 3. The predicted octanol–water partition coefficient (Wildman–Crippen LogP) is 4.64. The van der Waals surface area contributed by atoms with E-state index in [2.05, 4.69) is 28.2 Å². The van der Waals surface area contributed by atoms with Gasteiger partial charge in [0.05, 0.1) is 36.2 Å². The quantitative estimate of drug-likeness (QED) is 0.322. The molecule has 1 aromatic heterocycles. The molecule has 1 unspecified atom stereocenters. The molecule has 11 nitrogen and oxygen atoms in total. The van der Waals surface area contributed by atoms with Crippen LogP contribution in [0.2, 0.25) is 0 Å². The summed E-state index contributed by atoms with van der Waals surface area (Å²) in [5, 5.41) is 39.0. The van der Waals surface area contributed by atoms with E-state index in [1.165, 1.54) is 11.0 Å². The summed E-state index contributed by atoms with van der Waals surface area (Å²) in [6, 6.07) is 3.00. The van der Waals surface area contributed by atoms with E-state index in [0.29, 0.717) is 62.0 Å². The number of carbonyl (C=O) groups excluding carboxylic acids is 1. The fourth-order valence-corrected chi connectivity index (χ4v) is 7.39. The Labute approximate surface area is 269 Å². The van der Waals surface area contributed by atoms with Crippen molar-refractivity contribution in [1.29, 1.82) is 0 Å². The van der Waals surface area contributed by atoms with Crippen LogP contribution in [0.25, 0.3) is 17.1 Å². The highest BCUT2D eigenvalue weighted by molar-refractivity contribution is 5.79. The number of rotatable bonds is 4. The zero-order valence-electron chi connectivity index (χ0n) is 27.3. The second-order valence-corrected chi connectivity index (χ2v) is 13.7. The van der Waals surface area contributed by atoms with Crippen molar-refractivity contribution in [2.75, 3.05) is 26.7 Å². The zero-order valence-corrected chi connectivity index (χ0v) is 27.3. The first kappa shape index (κ1) is 34.0. The number of nitrogens with zero attached hydrogens (tertiary/aromatic N) is 5. The van der Waals surface area contributed by atoms with E-state index in [1.54, 1.807) is 10.8 Å². The van der Waals surface area contributed by atoms with Gasteiger partial charge in [-0.05, 0) is 81.7 Å². The number of aliphatic hydroxyl groups excluding tert-OH is 2. The van der Waals surface area contributed by atoms with E-state index >= 15 is 4.39 Å². The lowest BCUT2D eigenvalue weighted by Crippen LogP contribution is -2.57. The first-order valence-electron chi connectivity index (χ1n) is 16.6. The lowest BCUT2D eigenvalue weighted by Gasteiger charge is -2.43. The van der Waals surface area contributed by atoms with Crippen molar-refractivity contribution in [3.63, 3.8) is 0 Å². The number of ether oxygens (including phenoxy) is 1. The van der Waals surface area contributed by atoms with Crippen LogP contribution >= 0.6 is 0 Å². The van der Waals surface area contributed by atoms with Gasteiger partial charge in [0.25, 0.3) is 0 Å². The number of hydrogen-bond donors (Lipinski definition) is 3. The molecule has 252 valence electrons. The lowest BCUT2D eigenvalue weighted by molar-refractivity contribution is -0.151. The second-order valence-electron chi connectivity index (χ2n) is 13.7. The summed E-state index contributed by atoms with van der Waals surface area (Å²) < 4.78 is 23.0. The fraction of sp³-hybridized carbons (Fsp3) is 0.647. The second kappa shape index (κ2) is 14.6. The Balaban J connectivity index is 1.46. The SMILES string of the molecule is C/C(=C\c1cc(F)c2nnn(C3CCC(O)CC3)c2c1)[C@H]1OC(=O)C[C@H](O)CC[C@H](C)[C@@H](C2CN(C)CCN2C(=O)O)/C=C/[C@@H]1C. The van der Waals surface area contributed by atoms with Crippen molar-refractivity contribution in [3.8, 4) is 0 Å². The van der Waals surface area contributed by atoms with Gasteiger partial charge in [-0.3, -0.25) is 4.79 Å². The van der Waals surface area contributed by atoms with E-state index in [1.807, 2.05) is 33.0 Å². The summed E-state index contributed by atoms with van der Waals surface area (Å²) in [7, 11) is 1.99. The monoisotopic (exact) mass is 641 g/mol. The number of carboxylic acid groups (broad SMARTS) is 1. The molecule has 1 aliphatic carbocycles. The van der Waals surface area contributed by atoms with Gasteiger partial charge in [0.2, 0.25) is 0 Å². The van der Waals surface area contributed by atoms with Crippen molar-refractivity contribution in [2.24, 2.45) is 17.8 Å². The number of piperazine rings is 1. The van der Waals surface area contributed by atoms with Crippen LogP contribution in [0.5, 0.6) is 0 Å². The molecular weight excluding hydrogens is 593 g/mol. The number of likely N-dealkylation sites (N-methyl/N-ethyl adjacent to an activating group) is 1. The molecule has 0 radical (unpaired) electrons. The number of carbonyl (C=O) groups is 2. The average Bonchev–Trinajstić information content (AvgIpc) is 3.43. The van der Waals surface area contributed by atoms with Crippen molar-refractivity contribution in [2.45, 2.75) is 96.1 Å². The number of fused-ring (bicyclic) bond motifs is 1. The molecule has 1 saturated heterocycles. The Morgan fingerprint density at radius 1 is 1.04 bits per heavy atom. The van der Waals surface area contributed by atoms with Crippen LogP contribution in [0.3, 0.4) is 0 Å². The van der Waals surface area contributed by atoms with Gasteiger partial charge in [0.1, 0.15) is 11.6 Å². The minimum absolute atomic E-state index is 0.0216. The van der Waals surface area contributed by atoms with Crippen LogP contribution in [0.4, 0.5) is 9.18 Å². The maximum absolute atomic E-state index is 15.3. The molecule has 2 aromatic rings. The molecule has 0 spiro atoms. The molecule has 3 N–H and O–H groups in total. The third kappa shape index (κ3) is 7.78. The fourth-order valence-electron chi connectivity index (χ4n) is 7.39. The Bertz CT molecular complexity index is 1450. The number of cyclic esters (lactones) is 1. The van der Waals surface area contributed by atoms with E-state index < -0.39 is 30.1 Å². The number of benzene rings is 1. The van der Waals surface area contributed by atoms with Crippen LogP contribution < -0.4 is 0 Å². The van der Waals surface area contributed by atoms with Crippen molar-refractivity contribution < 1.29 is 34.0 Å². The van der Waals surface area contributed by atoms with Gasteiger partial charge in [0.15, 0.2) is 5.82 Å². The van der Waals surface area contributed by atoms with Gasteiger partial charge >= 0.3 is 12.1 Å². The average molecular weight is 642 g/mol. The third-order valence-corrected chi connectivity index (χ3v) is 10.1. The smallest absolute Gasteiger partial charge is 0.407 e. The van der Waals surface area contributed by atoms with E-state index in [-0.39, 0.29) is 47.9 Å². The topological polar surface area (TPSA) is 141 Å². The van der Waals surface area contributed by atoms with Crippen LogP contribution in [-0.2, 0) is 9.53 Å². The van der Waals surface area contributed by atoms with Gasteiger partial charge in [-0.15, -0.1) is 5.10 Å². The molecule has 1 amide bonds. The molecule has 46 heavy (non-hydrogen) atoms. The van der Waals surface area contributed by atoms with Crippen molar-refractivity contribution in [3.05, 3.63) is 41.2 Å². The normalized spacial score (nSPS) is 33.2. The minimum atomic E-state index is -0.940. The highest BCUT2D eigenvalue weighted by Gasteiger charge is 2.37. The number of halogens is 1. The summed E-state index contributed by atoms with van der Waals surface area (Å²) in [6.45, 7) is 7.54. The van der Waals surface area contributed by atoms with Gasteiger partial charge in [-0.25, -0.2) is 13.9 Å².